The third-order valence-electron chi connectivity index (χ3n) is 1.27. The van der Waals surface area contributed by atoms with E-state index >= 15 is 0 Å². The standard InChI is InChI=1S/C6H3Cl2NS2/c1-2-9-4-3(7)5(8)11-6(4)10-2/h1H3. The molecule has 0 spiro atoms. The molecule has 0 unspecified atom stereocenters. The molecule has 0 saturated heterocycles. The van der Waals surface area contributed by atoms with Crippen molar-refractivity contribution in [2.75, 3.05) is 0 Å². The highest BCUT2D eigenvalue weighted by Crippen LogP contribution is 2.41. The molecule has 1 nitrogen and oxygen atoms in total. The van der Waals surface area contributed by atoms with Crippen LogP contribution >= 0.6 is 45.9 Å². The van der Waals surface area contributed by atoms with Crippen LogP contribution in [0.4, 0.5) is 0 Å². The molecule has 11 heavy (non-hydrogen) atoms. The molecule has 0 saturated carbocycles. The Morgan fingerprint density at radius 2 is 2.00 bits per heavy atom. The molecule has 0 aliphatic rings. The Morgan fingerprint density at radius 3 is 2.64 bits per heavy atom. The summed E-state index contributed by atoms with van der Waals surface area (Å²) in [6.07, 6.45) is 0. The summed E-state index contributed by atoms with van der Waals surface area (Å²) in [6.45, 7) is 1.96. The molecule has 5 heteroatoms. The number of hydrogen-bond acceptors (Lipinski definition) is 3. The number of aromatic nitrogens is 1. The molecular weight excluding hydrogens is 221 g/mol. The number of nitrogens with zero attached hydrogens (tertiary/aromatic N) is 1. The fourth-order valence-corrected chi connectivity index (χ4v) is 3.68. The molecule has 58 valence electrons. The summed E-state index contributed by atoms with van der Waals surface area (Å²) < 4.78 is 1.75. The maximum absolute atomic E-state index is 5.88. The number of thiazole rings is 1. The van der Waals surface area contributed by atoms with Crippen LogP contribution in [0.1, 0.15) is 5.01 Å². The Morgan fingerprint density at radius 1 is 1.27 bits per heavy atom. The highest BCUT2D eigenvalue weighted by Gasteiger charge is 2.11. The predicted molar refractivity (Wildman–Crippen MR) is 52.3 cm³/mol. The van der Waals surface area contributed by atoms with Crippen molar-refractivity contribution >= 4 is 55.4 Å². The first-order chi connectivity index (χ1) is 5.18. The molecule has 0 aliphatic carbocycles. The van der Waals surface area contributed by atoms with Crippen LogP contribution in [-0.4, -0.2) is 4.98 Å². The van der Waals surface area contributed by atoms with Gasteiger partial charge in [0, 0.05) is 0 Å². The first kappa shape index (κ1) is 7.80. The van der Waals surface area contributed by atoms with Crippen molar-refractivity contribution in [3.05, 3.63) is 14.4 Å². The van der Waals surface area contributed by atoms with Crippen LogP contribution in [0.15, 0.2) is 0 Å². The number of aryl methyl sites for hydroxylation is 1. The van der Waals surface area contributed by atoms with Crippen LogP contribution in [0.3, 0.4) is 0 Å². The van der Waals surface area contributed by atoms with E-state index < -0.39 is 0 Å². The molecule has 0 amide bonds. The Bertz CT molecular complexity index is 404. The number of rotatable bonds is 0. The van der Waals surface area contributed by atoms with E-state index in [1.54, 1.807) is 11.3 Å². The molecule has 2 rings (SSSR count). The van der Waals surface area contributed by atoms with Crippen LogP contribution in [0, 0.1) is 6.92 Å². The second-order valence-corrected chi connectivity index (χ2v) is 5.52. The van der Waals surface area contributed by atoms with Crippen LogP contribution in [0.25, 0.3) is 9.53 Å². The van der Waals surface area contributed by atoms with Gasteiger partial charge in [0.1, 0.15) is 13.9 Å². The third-order valence-corrected chi connectivity index (χ3v) is 4.29. The number of fused-ring (bicyclic) bond motifs is 1. The zero-order chi connectivity index (χ0) is 8.01. The molecule has 0 bridgehead atoms. The van der Waals surface area contributed by atoms with Gasteiger partial charge >= 0.3 is 0 Å². The van der Waals surface area contributed by atoms with Gasteiger partial charge in [0.05, 0.1) is 10.0 Å². The van der Waals surface area contributed by atoms with E-state index in [2.05, 4.69) is 4.98 Å². The van der Waals surface area contributed by atoms with Gasteiger partial charge in [0.25, 0.3) is 0 Å². The largest absolute Gasteiger partial charge is 0.239 e. The number of halogens is 2. The summed E-state index contributed by atoms with van der Waals surface area (Å²) in [5.41, 5.74) is 0.851. The quantitative estimate of drug-likeness (QED) is 0.659. The van der Waals surface area contributed by atoms with Gasteiger partial charge in [-0.1, -0.05) is 23.2 Å². The maximum atomic E-state index is 5.88. The van der Waals surface area contributed by atoms with Gasteiger partial charge in [-0.2, -0.15) is 0 Å². The highest BCUT2D eigenvalue weighted by atomic mass is 35.5. The van der Waals surface area contributed by atoms with E-state index in [0.29, 0.717) is 9.36 Å². The molecule has 2 heterocycles. The smallest absolute Gasteiger partial charge is 0.115 e. The van der Waals surface area contributed by atoms with Crippen molar-refractivity contribution in [1.82, 2.24) is 4.98 Å². The molecular formula is C6H3Cl2NS2. The lowest BCUT2D eigenvalue weighted by Gasteiger charge is -1.79. The molecule has 0 aliphatic heterocycles. The van der Waals surface area contributed by atoms with Crippen molar-refractivity contribution in [2.24, 2.45) is 0 Å². The van der Waals surface area contributed by atoms with Gasteiger partial charge < -0.3 is 0 Å². The molecule has 0 atom stereocenters. The van der Waals surface area contributed by atoms with E-state index in [4.69, 9.17) is 23.2 Å². The normalized spacial score (nSPS) is 11.2. The van der Waals surface area contributed by atoms with Gasteiger partial charge in [-0.15, -0.1) is 22.7 Å². The third kappa shape index (κ3) is 1.16. The van der Waals surface area contributed by atoms with Crippen molar-refractivity contribution in [3.63, 3.8) is 0 Å². The minimum Gasteiger partial charge on any atom is -0.239 e. The van der Waals surface area contributed by atoms with E-state index in [1.807, 2.05) is 6.92 Å². The van der Waals surface area contributed by atoms with Crippen LogP contribution in [0.2, 0.25) is 9.36 Å². The number of thiophene rings is 1. The van der Waals surface area contributed by atoms with E-state index in [0.717, 1.165) is 14.5 Å². The predicted octanol–water partition coefficient (Wildman–Crippen LogP) is 3.97. The fraction of sp³-hybridized carbons (Fsp3) is 0.167. The van der Waals surface area contributed by atoms with Gasteiger partial charge in [0.15, 0.2) is 0 Å². The SMILES string of the molecule is Cc1nc2c(Cl)c(Cl)sc2s1. The average Bonchev–Trinajstić information content (AvgIpc) is 2.37. The van der Waals surface area contributed by atoms with E-state index in [9.17, 15) is 0 Å². The molecule has 2 aromatic heterocycles. The monoisotopic (exact) mass is 223 g/mol. The molecule has 0 radical (unpaired) electrons. The van der Waals surface area contributed by atoms with Gasteiger partial charge in [-0.25, -0.2) is 4.98 Å². The first-order valence-corrected chi connectivity index (χ1v) is 5.28. The van der Waals surface area contributed by atoms with Crippen LogP contribution in [0.5, 0.6) is 0 Å². The average molecular weight is 224 g/mol. The van der Waals surface area contributed by atoms with Crippen molar-refractivity contribution in [3.8, 4) is 0 Å². The van der Waals surface area contributed by atoms with E-state index in [1.165, 1.54) is 11.3 Å². The lowest BCUT2D eigenvalue weighted by atomic mass is 10.6. The fourth-order valence-electron chi connectivity index (χ4n) is 0.836. The zero-order valence-corrected chi connectivity index (χ0v) is 8.66. The highest BCUT2D eigenvalue weighted by molar-refractivity contribution is 7.39. The Labute approximate surface area is 81.6 Å². The maximum Gasteiger partial charge on any atom is 0.115 e. The first-order valence-electron chi connectivity index (χ1n) is 2.89. The summed E-state index contributed by atoms with van der Waals surface area (Å²) in [5.74, 6) is 0. The Balaban J connectivity index is 2.88. The number of hydrogen-bond donors (Lipinski definition) is 0. The van der Waals surface area contributed by atoms with Crippen molar-refractivity contribution < 1.29 is 0 Å². The minimum absolute atomic E-state index is 0.594. The summed E-state index contributed by atoms with van der Waals surface area (Å²) in [4.78, 5) is 4.25. The summed E-state index contributed by atoms with van der Waals surface area (Å²) in [6, 6.07) is 0. The topological polar surface area (TPSA) is 12.9 Å². The van der Waals surface area contributed by atoms with Crippen molar-refractivity contribution in [2.45, 2.75) is 6.92 Å². The Kier molecular flexibility index (Phi) is 1.84. The lowest BCUT2D eigenvalue weighted by molar-refractivity contribution is 1.35. The molecule has 0 N–H and O–H groups in total. The summed E-state index contributed by atoms with van der Waals surface area (Å²) in [7, 11) is 0. The van der Waals surface area contributed by atoms with Gasteiger partial charge in [-0.05, 0) is 6.92 Å². The second kappa shape index (κ2) is 2.59. The second-order valence-electron chi connectivity index (χ2n) is 2.06. The summed E-state index contributed by atoms with van der Waals surface area (Å²) >= 11 is 14.8. The minimum atomic E-state index is 0.594. The van der Waals surface area contributed by atoms with Gasteiger partial charge in [0.2, 0.25) is 0 Å². The van der Waals surface area contributed by atoms with E-state index in [-0.39, 0.29) is 0 Å². The van der Waals surface area contributed by atoms with Crippen molar-refractivity contribution in [1.29, 1.82) is 0 Å². The van der Waals surface area contributed by atoms with Crippen LogP contribution in [-0.2, 0) is 0 Å². The molecule has 0 aromatic carbocycles. The Hall–Kier alpha value is 0.170. The van der Waals surface area contributed by atoms with Gasteiger partial charge in [-0.3, -0.25) is 0 Å². The lowest BCUT2D eigenvalue weighted by Crippen LogP contribution is -1.65. The van der Waals surface area contributed by atoms with Crippen LogP contribution < -0.4 is 0 Å². The molecule has 2 aromatic rings. The molecule has 0 fully saturated rings. The summed E-state index contributed by atoms with van der Waals surface area (Å²) in [5, 5.41) is 1.63. The zero-order valence-electron chi connectivity index (χ0n) is 5.52.